The van der Waals surface area contributed by atoms with E-state index in [2.05, 4.69) is 33.6 Å². The molecule has 2 aromatic rings. The van der Waals surface area contributed by atoms with Crippen LogP contribution in [0.15, 0.2) is 49.2 Å². The number of H-pyrrole nitrogens is 1. The minimum Gasteiger partial charge on any atom is -0.341 e. The van der Waals surface area contributed by atoms with Crippen LogP contribution in [0.4, 0.5) is 0 Å². The second-order valence-corrected chi connectivity index (χ2v) is 5.78. The number of hydrogen-bond donors (Lipinski definition) is 1. The van der Waals surface area contributed by atoms with E-state index in [4.69, 9.17) is 0 Å². The summed E-state index contributed by atoms with van der Waals surface area (Å²) in [7, 11) is 0. The van der Waals surface area contributed by atoms with Crippen molar-refractivity contribution in [3.63, 3.8) is 0 Å². The standard InChI is InChI=1S/C18H23N3/c1-2-12-21(17-10-6-7-11-17)14-16-13-19-18(20-16)15-8-4-3-5-9-15/h2-5,8-9,13,17H,1,6-7,10-12,14H2,(H,19,20). The Morgan fingerprint density at radius 1 is 1.24 bits per heavy atom. The molecule has 1 aromatic carbocycles. The van der Waals surface area contributed by atoms with Gasteiger partial charge in [-0.1, -0.05) is 49.2 Å². The fraction of sp³-hybridized carbons (Fsp3) is 0.389. The molecule has 0 spiro atoms. The molecule has 1 aliphatic carbocycles. The van der Waals surface area contributed by atoms with Crippen LogP contribution in [0, 0.1) is 0 Å². The average molecular weight is 281 g/mol. The molecular weight excluding hydrogens is 258 g/mol. The lowest BCUT2D eigenvalue weighted by Crippen LogP contribution is -2.32. The van der Waals surface area contributed by atoms with Crippen molar-refractivity contribution in [3.05, 3.63) is 54.9 Å². The third kappa shape index (κ3) is 3.42. The summed E-state index contributed by atoms with van der Waals surface area (Å²) in [5.74, 6) is 0.954. The fourth-order valence-corrected chi connectivity index (χ4v) is 3.18. The van der Waals surface area contributed by atoms with E-state index >= 15 is 0 Å². The predicted molar refractivity (Wildman–Crippen MR) is 86.9 cm³/mol. The van der Waals surface area contributed by atoms with Crippen molar-refractivity contribution in [2.75, 3.05) is 6.54 Å². The topological polar surface area (TPSA) is 31.9 Å². The number of aromatic amines is 1. The number of imidazole rings is 1. The normalized spacial score (nSPS) is 15.7. The first kappa shape index (κ1) is 14.1. The number of benzene rings is 1. The SMILES string of the molecule is C=CCN(Cc1cnc(-c2ccccc2)[nH]1)C1CCCC1. The summed E-state index contributed by atoms with van der Waals surface area (Å²) in [6, 6.07) is 11.0. The molecule has 1 aromatic heterocycles. The third-order valence-corrected chi connectivity index (χ3v) is 4.25. The van der Waals surface area contributed by atoms with Gasteiger partial charge in [-0.15, -0.1) is 6.58 Å². The van der Waals surface area contributed by atoms with Gasteiger partial charge >= 0.3 is 0 Å². The Balaban J connectivity index is 1.71. The molecule has 0 saturated heterocycles. The van der Waals surface area contributed by atoms with E-state index in [0.29, 0.717) is 6.04 Å². The lowest BCUT2D eigenvalue weighted by molar-refractivity contribution is 0.209. The van der Waals surface area contributed by atoms with Gasteiger partial charge in [-0.3, -0.25) is 4.90 Å². The highest BCUT2D eigenvalue weighted by molar-refractivity contribution is 5.54. The van der Waals surface area contributed by atoms with Gasteiger partial charge in [-0.2, -0.15) is 0 Å². The summed E-state index contributed by atoms with van der Waals surface area (Å²) in [6.07, 6.45) is 9.31. The molecule has 0 unspecified atom stereocenters. The van der Waals surface area contributed by atoms with Crippen LogP contribution < -0.4 is 0 Å². The van der Waals surface area contributed by atoms with E-state index in [1.54, 1.807) is 0 Å². The number of aromatic nitrogens is 2. The maximum Gasteiger partial charge on any atom is 0.137 e. The van der Waals surface area contributed by atoms with Crippen molar-refractivity contribution in [3.8, 4) is 11.4 Å². The van der Waals surface area contributed by atoms with Gasteiger partial charge in [0.25, 0.3) is 0 Å². The highest BCUT2D eigenvalue weighted by Gasteiger charge is 2.22. The minimum absolute atomic E-state index is 0.700. The highest BCUT2D eigenvalue weighted by Crippen LogP contribution is 2.25. The second kappa shape index (κ2) is 6.72. The van der Waals surface area contributed by atoms with Crippen molar-refractivity contribution in [2.45, 2.75) is 38.3 Å². The van der Waals surface area contributed by atoms with Crippen LogP contribution in [0.1, 0.15) is 31.4 Å². The van der Waals surface area contributed by atoms with Crippen LogP contribution in [-0.4, -0.2) is 27.5 Å². The summed E-state index contributed by atoms with van der Waals surface area (Å²) in [5.41, 5.74) is 2.32. The van der Waals surface area contributed by atoms with Gasteiger partial charge in [0.1, 0.15) is 5.82 Å². The average Bonchev–Trinajstić information content (AvgIpc) is 3.19. The zero-order valence-corrected chi connectivity index (χ0v) is 12.5. The number of hydrogen-bond acceptors (Lipinski definition) is 2. The van der Waals surface area contributed by atoms with E-state index in [9.17, 15) is 0 Å². The third-order valence-electron chi connectivity index (χ3n) is 4.25. The Hall–Kier alpha value is -1.87. The summed E-state index contributed by atoms with van der Waals surface area (Å²) in [6.45, 7) is 5.77. The van der Waals surface area contributed by atoms with Gasteiger partial charge in [-0.25, -0.2) is 4.98 Å². The Morgan fingerprint density at radius 2 is 2.00 bits per heavy atom. The van der Waals surface area contributed by atoms with Crippen LogP contribution in [0.3, 0.4) is 0 Å². The smallest absolute Gasteiger partial charge is 0.137 e. The van der Waals surface area contributed by atoms with Crippen LogP contribution in [0.5, 0.6) is 0 Å². The molecule has 1 heterocycles. The second-order valence-electron chi connectivity index (χ2n) is 5.78. The molecule has 0 atom stereocenters. The Labute approximate surface area is 126 Å². The Kier molecular flexibility index (Phi) is 4.51. The van der Waals surface area contributed by atoms with Crippen molar-refractivity contribution in [1.82, 2.24) is 14.9 Å². The van der Waals surface area contributed by atoms with Gasteiger partial charge < -0.3 is 4.98 Å². The molecule has 0 radical (unpaired) electrons. The van der Waals surface area contributed by atoms with E-state index in [1.807, 2.05) is 30.5 Å². The lowest BCUT2D eigenvalue weighted by Gasteiger charge is -2.26. The molecule has 3 heteroatoms. The minimum atomic E-state index is 0.700. The molecular formula is C18H23N3. The Bertz CT molecular complexity index is 567. The maximum absolute atomic E-state index is 4.52. The van der Waals surface area contributed by atoms with Gasteiger partial charge in [0, 0.05) is 36.6 Å². The molecule has 1 fully saturated rings. The van der Waals surface area contributed by atoms with Crippen molar-refractivity contribution >= 4 is 0 Å². The highest BCUT2D eigenvalue weighted by atomic mass is 15.2. The summed E-state index contributed by atoms with van der Waals surface area (Å²) in [5, 5.41) is 0. The molecule has 1 N–H and O–H groups in total. The van der Waals surface area contributed by atoms with E-state index in [1.165, 1.54) is 31.4 Å². The molecule has 21 heavy (non-hydrogen) atoms. The first-order valence-electron chi connectivity index (χ1n) is 7.81. The van der Waals surface area contributed by atoms with Gasteiger partial charge in [0.05, 0.1) is 0 Å². The first-order chi connectivity index (χ1) is 10.4. The van der Waals surface area contributed by atoms with Gasteiger partial charge in [0.15, 0.2) is 0 Å². The lowest BCUT2D eigenvalue weighted by atomic mass is 10.2. The largest absolute Gasteiger partial charge is 0.341 e. The molecule has 1 aliphatic rings. The summed E-state index contributed by atoms with van der Waals surface area (Å²) >= 11 is 0. The zero-order valence-electron chi connectivity index (χ0n) is 12.5. The molecule has 0 amide bonds. The van der Waals surface area contributed by atoms with E-state index in [0.717, 1.165) is 24.5 Å². The monoisotopic (exact) mass is 281 g/mol. The van der Waals surface area contributed by atoms with Crippen LogP contribution >= 0.6 is 0 Å². The molecule has 0 bridgehead atoms. The molecule has 0 aliphatic heterocycles. The molecule has 3 rings (SSSR count). The zero-order chi connectivity index (χ0) is 14.5. The first-order valence-corrected chi connectivity index (χ1v) is 7.81. The predicted octanol–water partition coefficient (Wildman–Crippen LogP) is 4.01. The molecule has 1 saturated carbocycles. The van der Waals surface area contributed by atoms with Crippen LogP contribution in [-0.2, 0) is 6.54 Å². The summed E-state index contributed by atoms with van der Waals surface area (Å²) < 4.78 is 0. The number of nitrogens with zero attached hydrogens (tertiary/aromatic N) is 2. The van der Waals surface area contributed by atoms with E-state index < -0.39 is 0 Å². The van der Waals surface area contributed by atoms with Crippen LogP contribution in [0.2, 0.25) is 0 Å². The summed E-state index contributed by atoms with van der Waals surface area (Å²) in [4.78, 5) is 10.5. The van der Waals surface area contributed by atoms with E-state index in [-0.39, 0.29) is 0 Å². The van der Waals surface area contributed by atoms with Crippen molar-refractivity contribution in [2.24, 2.45) is 0 Å². The molecule has 3 nitrogen and oxygen atoms in total. The number of rotatable bonds is 6. The van der Waals surface area contributed by atoms with Gasteiger partial charge in [-0.05, 0) is 12.8 Å². The Morgan fingerprint density at radius 3 is 2.71 bits per heavy atom. The fourth-order valence-electron chi connectivity index (χ4n) is 3.18. The quantitative estimate of drug-likeness (QED) is 0.811. The maximum atomic E-state index is 4.52. The van der Waals surface area contributed by atoms with Gasteiger partial charge in [0.2, 0.25) is 0 Å². The van der Waals surface area contributed by atoms with Crippen molar-refractivity contribution < 1.29 is 0 Å². The van der Waals surface area contributed by atoms with Crippen molar-refractivity contribution in [1.29, 1.82) is 0 Å². The molecule has 110 valence electrons. The number of nitrogens with one attached hydrogen (secondary N) is 1. The van der Waals surface area contributed by atoms with Crippen LogP contribution in [0.25, 0.3) is 11.4 Å².